The van der Waals surface area contributed by atoms with Crippen molar-refractivity contribution in [2.24, 2.45) is 0 Å². The lowest BCUT2D eigenvalue weighted by molar-refractivity contribution is 0.466. The number of rotatable bonds is 5. The summed E-state index contributed by atoms with van der Waals surface area (Å²) < 4.78 is 29.2. The van der Waals surface area contributed by atoms with Crippen LogP contribution in [0.1, 0.15) is 42.9 Å². The van der Waals surface area contributed by atoms with Crippen LogP contribution in [-0.2, 0) is 6.42 Å². The summed E-state index contributed by atoms with van der Waals surface area (Å²) in [4.78, 5) is 4.24. The summed E-state index contributed by atoms with van der Waals surface area (Å²) in [6.45, 7) is 5.64. The third-order valence-corrected chi connectivity index (χ3v) is 3.52. The van der Waals surface area contributed by atoms with Gasteiger partial charge in [-0.3, -0.25) is 0 Å². The summed E-state index contributed by atoms with van der Waals surface area (Å²) in [5.74, 6) is -0.310. The van der Waals surface area contributed by atoms with Gasteiger partial charge in [-0.1, -0.05) is 0 Å². The summed E-state index contributed by atoms with van der Waals surface area (Å²) in [6, 6.07) is 2.37. The van der Waals surface area contributed by atoms with E-state index >= 15 is 0 Å². The van der Waals surface area contributed by atoms with Gasteiger partial charge in [-0.2, -0.15) is 5.10 Å². The Kier molecular flexibility index (Phi) is 4.67. The van der Waals surface area contributed by atoms with E-state index in [4.69, 9.17) is 0 Å². The molecule has 0 aliphatic carbocycles. The molecular weight excluding hydrogens is 274 g/mol. The van der Waals surface area contributed by atoms with E-state index in [1.54, 1.807) is 24.7 Å². The smallest absolute Gasteiger partial charge is 0.138 e. The molecule has 1 heterocycles. The van der Waals surface area contributed by atoms with Crippen molar-refractivity contribution >= 4 is 0 Å². The third-order valence-electron chi connectivity index (χ3n) is 3.52. The van der Waals surface area contributed by atoms with Gasteiger partial charge in [-0.15, -0.1) is 0 Å². The molecule has 0 bridgehead atoms. The predicted octanol–water partition coefficient (Wildman–Crippen LogP) is 2.95. The summed E-state index contributed by atoms with van der Waals surface area (Å²) in [7, 11) is 1.75. The van der Waals surface area contributed by atoms with Gasteiger partial charge in [-0.25, -0.2) is 18.4 Å². The number of nitrogens with one attached hydrogen (secondary N) is 1. The third kappa shape index (κ3) is 3.26. The summed E-state index contributed by atoms with van der Waals surface area (Å²) in [6.07, 6.45) is 1.98. The van der Waals surface area contributed by atoms with E-state index < -0.39 is 11.6 Å². The number of benzene rings is 1. The van der Waals surface area contributed by atoms with Crippen LogP contribution in [0.2, 0.25) is 0 Å². The average Bonchev–Trinajstić information content (AvgIpc) is 2.89. The molecule has 4 nitrogen and oxygen atoms in total. The van der Waals surface area contributed by atoms with E-state index in [-0.39, 0.29) is 12.1 Å². The molecule has 1 atom stereocenters. The fraction of sp³-hybridized carbons (Fsp3) is 0.467. The van der Waals surface area contributed by atoms with Crippen molar-refractivity contribution < 1.29 is 8.78 Å². The molecule has 0 spiro atoms. The maximum atomic E-state index is 14.0. The van der Waals surface area contributed by atoms with Crippen LogP contribution in [0.3, 0.4) is 0 Å². The maximum absolute atomic E-state index is 14.0. The Bertz CT molecular complexity index is 622. The lowest BCUT2D eigenvalue weighted by Crippen LogP contribution is -2.23. The number of likely N-dealkylation sites (N-methyl/N-ethyl adjacent to an activating group) is 1. The molecule has 0 fully saturated rings. The molecule has 2 aromatic rings. The van der Waals surface area contributed by atoms with Gasteiger partial charge in [0.05, 0.1) is 0 Å². The van der Waals surface area contributed by atoms with Gasteiger partial charge in [0.15, 0.2) is 0 Å². The fourth-order valence-electron chi connectivity index (χ4n) is 2.35. The average molecular weight is 294 g/mol. The van der Waals surface area contributed by atoms with Crippen molar-refractivity contribution in [3.63, 3.8) is 0 Å². The predicted molar refractivity (Wildman–Crippen MR) is 77.0 cm³/mol. The summed E-state index contributed by atoms with van der Waals surface area (Å²) in [5, 5.41) is 7.24. The monoisotopic (exact) mass is 294 g/mol. The van der Waals surface area contributed by atoms with Crippen LogP contribution in [0.4, 0.5) is 8.78 Å². The van der Waals surface area contributed by atoms with Crippen molar-refractivity contribution in [1.82, 2.24) is 20.1 Å². The Morgan fingerprint density at radius 2 is 1.95 bits per heavy atom. The Morgan fingerprint density at radius 3 is 2.57 bits per heavy atom. The van der Waals surface area contributed by atoms with E-state index in [0.717, 1.165) is 11.9 Å². The molecule has 1 aromatic carbocycles. The SMILES string of the molecule is CNC(Cc1ncnn1C(C)C)c1cc(C)c(F)cc1F. The van der Waals surface area contributed by atoms with Crippen LogP contribution in [0.5, 0.6) is 0 Å². The van der Waals surface area contributed by atoms with Crippen molar-refractivity contribution in [2.45, 2.75) is 39.3 Å². The van der Waals surface area contributed by atoms with Gasteiger partial charge in [-0.05, 0) is 39.4 Å². The first-order valence-corrected chi connectivity index (χ1v) is 6.95. The molecule has 6 heteroatoms. The minimum Gasteiger partial charge on any atom is -0.313 e. The standard InChI is InChI=1S/C15H20F2N4/c1-9(2)21-15(19-8-20-21)7-14(18-4)11-5-10(3)12(16)6-13(11)17/h5-6,8-9,14,18H,7H2,1-4H3. The van der Waals surface area contributed by atoms with E-state index in [1.807, 2.05) is 13.8 Å². The highest BCUT2D eigenvalue weighted by Crippen LogP contribution is 2.24. The highest BCUT2D eigenvalue weighted by Gasteiger charge is 2.20. The Labute approximate surface area is 123 Å². The molecule has 0 amide bonds. The first-order chi connectivity index (χ1) is 9.93. The molecule has 0 saturated heterocycles. The van der Waals surface area contributed by atoms with Crippen LogP contribution in [0.25, 0.3) is 0 Å². The molecule has 1 unspecified atom stereocenters. The topological polar surface area (TPSA) is 42.7 Å². The van der Waals surface area contributed by atoms with E-state index in [9.17, 15) is 8.78 Å². The molecule has 0 aliphatic heterocycles. The fourth-order valence-corrected chi connectivity index (χ4v) is 2.35. The number of aryl methyl sites for hydroxylation is 1. The highest BCUT2D eigenvalue weighted by molar-refractivity contribution is 5.28. The van der Waals surface area contributed by atoms with E-state index in [0.29, 0.717) is 17.5 Å². The van der Waals surface area contributed by atoms with Gasteiger partial charge < -0.3 is 5.32 Å². The van der Waals surface area contributed by atoms with Crippen LogP contribution in [0, 0.1) is 18.6 Å². The van der Waals surface area contributed by atoms with E-state index in [2.05, 4.69) is 15.4 Å². The zero-order chi connectivity index (χ0) is 15.6. The van der Waals surface area contributed by atoms with Crippen molar-refractivity contribution in [3.8, 4) is 0 Å². The van der Waals surface area contributed by atoms with Crippen LogP contribution < -0.4 is 5.32 Å². The van der Waals surface area contributed by atoms with Gasteiger partial charge in [0.1, 0.15) is 23.8 Å². The molecule has 0 aliphatic rings. The quantitative estimate of drug-likeness (QED) is 0.922. The molecular formula is C15H20F2N4. The number of hydrogen-bond donors (Lipinski definition) is 1. The first kappa shape index (κ1) is 15.6. The van der Waals surface area contributed by atoms with Crippen LogP contribution in [0.15, 0.2) is 18.5 Å². The Hall–Kier alpha value is -1.82. The molecule has 0 saturated carbocycles. The second-order valence-electron chi connectivity index (χ2n) is 5.38. The zero-order valence-corrected chi connectivity index (χ0v) is 12.7. The van der Waals surface area contributed by atoms with Gasteiger partial charge in [0.25, 0.3) is 0 Å². The Morgan fingerprint density at radius 1 is 1.24 bits per heavy atom. The minimum absolute atomic E-state index is 0.180. The number of halogens is 2. The van der Waals surface area contributed by atoms with Crippen molar-refractivity contribution in [2.75, 3.05) is 7.05 Å². The zero-order valence-electron chi connectivity index (χ0n) is 12.7. The lowest BCUT2D eigenvalue weighted by Gasteiger charge is -2.19. The van der Waals surface area contributed by atoms with E-state index in [1.165, 1.54) is 6.33 Å². The highest BCUT2D eigenvalue weighted by atomic mass is 19.1. The summed E-state index contributed by atoms with van der Waals surface area (Å²) >= 11 is 0. The lowest BCUT2D eigenvalue weighted by atomic mass is 10.00. The maximum Gasteiger partial charge on any atom is 0.138 e. The van der Waals surface area contributed by atoms with Crippen molar-refractivity contribution in [1.29, 1.82) is 0 Å². The van der Waals surface area contributed by atoms with Gasteiger partial charge >= 0.3 is 0 Å². The number of hydrogen-bond acceptors (Lipinski definition) is 3. The van der Waals surface area contributed by atoms with Crippen LogP contribution in [-0.4, -0.2) is 21.8 Å². The minimum atomic E-state index is -0.548. The molecule has 1 N–H and O–H groups in total. The molecule has 1 aromatic heterocycles. The molecule has 114 valence electrons. The molecule has 21 heavy (non-hydrogen) atoms. The largest absolute Gasteiger partial charge is 0.313 e. The second-order valence-corrected chi connectivity index (χ2v) is 5.38. The normalized spacial score (nSPS) is 12.9. The number of aromatic nitrogens is 3. The first-order valence-electron chi connectivity index (χ1n) is 6.95. The second kappa shape index (κ2) is 6.30. The van der Waals surface area contributed by atoms with Gasteiger partial charge in [0.2, 0.25) is 0 Å². The number of nitrogens with zero attached hydrogens (tertiary/aromatic N) is 3. The summed E-state index contributed by atoms with van der Waals surface area (Å²) in [5.41, 5.74) is 0.867. The van der Waals surface area contributed by atoms with Crippen molar-refractivity contribution in [3.05, 3.63) is 47.0 Å². The van der Waals surface area contributed by atoms with Gasteiger partial charge in [0, 0.05) is 30.1 Å². The van der Waals surface area contributed by atoms with Crippen LogP contribution >= 0.6 is 0 Å². The molecule has 0 radical (unpaired) electrons. The molecule has 2 rings (SSSR count). The Balaban J connectivity index is 2.32.